The van der Waals surface area contributed by atoms with Crippen LogP contribution in [-0.4, -0.2) is 71.6 Å². The summed E-state index contributed by atoms with van der Waals surface area (Å²) in [7, 11) is 0. The SMILES string of the molecule is CC(C)(C)OC(=O)N1CCN(C(=O)CC2NC(=O)N(c3cccc4ccccc34)C2=O)CC1. The number of carbonyl (C=O) groups excluding carboxylic acids is 4. The largest absolute Gasteiger partial charge is 0.444 e. The molecule has 1 atom stereocenters. The quantitative estimate of drug-likeness (QED) is 0.722. The molecule has 2 aliphatic rings. The molecule has 4 rings (SSSR count). The van der Waals surface area contributed by atoms with Gasteiger partial charge in [-0.15, -0.1) is 0 Å². The Kier molecular flexibility index (Phi) is 5.97. The van der Waals surface area contributed by atoms with E-state index in [-0.39, 0.29) is 12.3 Å². The van der Waals surface area contributed by atoms with Crippen LogP contribution in [0, 0.1) is 0 Å². The van der Waals surface area contributed by atoms with Crippen LogP contribution < -0.4 is 10.2 Å². The number of rotatable bonds is 3. The molecule has 2 aliphatic heterocycles. The van der Waals surface area contributed by atoms with Crippen molar-refractivity contribution in [1.29, 1.82) is 0 Å². The van der Waals surface area contributed by atoms with Crippen LogP contribution in [-0.2, 0) is 14.3 Å². The van der Waals surface area contributed by atoms with Crippen molar-refractivity contribution in [2.24, 2.45) is 0 Å². The van der Waals surface area contributed by atoms with Crippen molar-refractivity contribution in [1.82, 2.24) is 15.1 Å². The van der Waals surface area contributed by atoms with Gasteiger partial charge in [0, 0.05) is 31.6 Å². The maximum Gasteiger partial charge on any atom is 0.410 e. The average Bonchev–Trinajstić information content (AvgIpc) is 3.05. The highest BCUT2D eigenvalue weighted by Crippen LogP contribution is 2.29. The number of fused-ring (bicyclic) bond motifs is 1. The zero-order chi connectivity index (χ0) is 23.8. The number of carbonyl (C=O) groups is 4. The maximum atomic E-state index is 13.1. The third kappa shape index (κ3) is 4.76. The first-order valence-electron chi connectivity index (χ1n) is 11.0. The minimum Gasteiger partial charge on any atom is -0.444 e. The lowest BCUT2D eigenvalue weighted by atomic mass is 10.1. The van der Waals surface area contributed by atoms with Gasteiger partial charge in [-0.05, 0) is 32.2 Å². The average molecular weight is 453 g/mol. The summed E-state index contributed by atoms with van der Waals surface area (Å²) in [6.45, 7) is 6.82. The van der Waals surface area contributed by atoms with Gasteiger partial charge in [0.25, 0.3) is 5.91 Å². The Balaban J connectivity index is 1.38. The summed E-state index contributed by atoms with van der Waals surface area (Å²) in [6.07, 6.45) is -0.531. The van der Waals surface area contributed by atoms with Crippen molar-refractivity contribution in [2.75, 3.05) is 31.1 Å². The van der Waals surface area contributed by atoms with Crippen molar-refractivity contribution in [3.8, 4) is 0 Å². The van der Waals surface area contributed by atoms with E-state index >= 15 is 0 Å². The Hall–Kier alpha value is -3.62. The van der Waals surface area contributed by atoms with Crippen molar-refractivity contribution in [3.05, 3.63) is 42.5 Å². The van der Waals surface area contributed by atoms with Gasteiger partial charge in [0.05, 0.1) is 12.1 Å². The van der Waals surface area contributed by atoms with Crippen LogP contribution in [0.15, 0.2) is 42.5 Å². The number of nitrogens with one attached hydrogen (secondary N) is 1. The van der Waals surface area contributed by atoms with Crippen LogP contribution in [0.2, 0.25) is 0 Å². The topological polar surface area (TPSA) is 99.3 Å². The molecule has 9 heteroatoms. The highest BCUT2D eigenvalue weighted by atomic mass is 16.6. The maximum absolute atomic E-state index is 13.1. The fourth-order valence-corrected chi connectivity index (χ4v) is 4.07. The normalized spacial score (nSPS) is 19.1. The molecule has 2 fully saturated rings. The molecule has 1 N–H and O–H groups in total. The van der Waals surface area contributed by atoms with Gasteiger partial charge < -0.3 is 19.9 Å². The van der Waals surface area contributed by atoms with Crippen LogP contribution in [0.25, 0.3) is 10.8 Å². The summed E-state index contributed by atoms with van der Waals surface area (Å²) in [5, 5.41) is 4.35. The Morgan fingerprint density at radius 3 is 2.30 bits per heavy atom. The molecular formula is C24H28N4O5. The zero-order valence-electron chi connectivity index (χ0n) is 19.0. The molecule has 2 saturated heterocycles. The molecule has 2 aromatic rings. The van der Waals surface area contributed by atoms with Gasteiger partial charge in [0.15, 0.2) is 0 Å². The van der Waals surface area contributed by atoms with E-state index in [4.69, 9.17) is 4.74 Å². The number of anilines is 1. The number of ether oxygens (including phenoxy) is 1. The van der Waals surface area contributed by atoms with Crippen molar-refractivity contribution < 1.29 is 23.9 Å². The monoisotopic (exact) mass is 452 g/mol. The fourth-order valence-electron chi connectivity index (χ4n) is 4.07. The molecule has 2 heterocycles. The van der Waals surface area contributed by atoms with E-state index < -0.39 is 29.7 Å². The number of nitrogens with zero attached hydrogens (tertiary/aromatic N) is 3. The van der Waals surface area contributed by atoms with Gasteiger partial charge in [0.1, 0.15) is 11.6 Å². The Morgan fingerprint density at radius 2 is 1.61 bits per heavy atom. The first-order valence-corrected chi connectivity index (χ1v) is 11.0. The summed E-state index contributed by atoms with van der Waals surface area (Å²) in [6, 6.07) is 11.5. The second kappa shape index (κ2) is 8.73. The molecule has 5 amide bonds. The van der Waals surface area contributed by atoms with Gasteiger partial charge in [-0.2, -0.15) is 0 Å². The molecule has 0 saturated carbocycles. The van der Waals surface area contributed by atoms with Crippen LogP contribution >= 0.6 is 0 Å². The first-order chi connectivity index (χ1) is 15.6. The fraction of sp³-hybridized carbons (Fsp3) is 0.417. The van der Waals surface area contributed by atoms with E-state index in [1.807, 2.05) is 30.3 Å². The van der Waals surface area contributed by atoms with Crippen LogP contribution in [0.4, 0.5) is 15.3 Å². The molecule has 33 heavy (non-hydrogen) atoms. The first kappa shape index (κ1) is 22.6. The molecule has 0 aliphatic carbocycles. The smallest absolute Gasteiger partial charge is 0.410 e. The van der Waals surface area contributed by atoms with Crippen LogP contribution in [0.1, 0.15) is 27.2 Å². The number of urea groups is 1. The van der Waals surface area contributed by atoms with E-state index in [1.54, 1.807) is 42.7 Å². The van der Waals surface area contributed by atoms with Gasteiger partial charge in [-0.3, -0.25) is 9.59 Å². The second-order valence-electron chi connectivity index (χ2n) is 9.23. The highest BCUT2D eigenvalue weighted by molar-refractivity contribution is 6.24. The zero-order valence-corrected chi connectivity index (χ0v) is 19.0. The number of amides is 5. The summed E-state index contributed by atoms with van der Waals surface area (Å²) in [5.41, 5.74) is -0.0855. The molecule has 0 radical (unpaired) electrons. The molecule has 9 nitrogen and oxygen atoms in total. The van der Waals surface area contributed by atoms with Gasteiger partial charge >= 0.3 is 12.1 Å². The number of piperazine rings is 1. The van der Waals surface area contributed by atoms with Crippen molar-refractivity contribution in [3.63, 3.8) is 0 Å². The van der Waals surface area contributed by atoms with Crippen LogP contribution in [0.5, 0.6) is 0 Å². The lowest BCUT2D eigenvalue weighted by Crippen LogP contribution is -2.52. The highest BCUT2D eigenvalue weighted by Gasteiger charge is 2.41. The van der Waals surface area contributed by atoms with E-state index in [1.165, 1.54) is 0 Å². The second-order valence-corrected chi connectivity index (χ2v) is 9.23. The van der Waals surface area contributed by atoms with E-state index in [0.29, 0.717) is 31.9 Å². The molecule has 0 bridgehead atoms. The van der Waals surface area contributed by atoms with E-state index in [0.717, 1.165) is 15.7 Å². The molecule has 174 valence electrons. The number of benzene rings is 2. The Labute approximate surface area is 192 Å². The summed E-state index contributed by atoms with van der Waals surface area (Å²) in [5.74, 6) is -0.686. The summed E-state index contributed by atoms with van der Waals surface area (Å²) >= 11 is 0. The number of hydrogen-bond donors (Lipinski definition) is 1. The standard InChI is InChI=1S/C24H28N4O5/c1-24(2,3)33-23(32)27-13-11-26(12-14-27)20(29)15-18-21(30)28(22(31)25-18)19-10-6-8-16-7-4-5-9-17(16)19/h4-10,18H,11-15H2,1-3H3,(H,25,31). The molecular weight excluding hydrogens is 424 g/mol. The Bertz CT molecular complexity index is 1100. The van der Waals surface area contributed by atoms with Gasteiger partial charge in [0.2, 0.25) is 5.91 Å². The molecule has 1 unspecified atom stereocenters. The number of hydrogen-bond acceptors (Lipinski definition) is 5. The Morgan fingerprint density at radius 1 is 0.970 bits per heavy atom. The summed E-state index contributed by atoms with van der Waals surface area (Å²) in [4.78, 5) is 55.0. The third-order valence-corrected chi connectivity index (χ3v) is 5.69. The third-order valence-electron chi connectivity index (χ3n) is 5.69. The van der Waals surface area contributed by atoms with Crippen molar-refractivity contribution in [2.45, 2.75) is 38.8 Å². The van der Waals surface area contributed by atoms with Gasteiger partial charge in [-0.25, -0.2) is 14.5 Å². The van der Waals surface area contributed by atoms with Crippen LogP contribution in [0.3, 0.4) is 0 Å². The van der Waals surface area contributed by atoms with E-state index in [9.17, 15) is 19.2 Å². The number of imide groups is 1. The minimum absolute atomic E-state index is 0.127. The predicted molar refractivity (Wildman–Crippen MR) is 123 cm³/mol. The molecule has 0 aromatic heterocycles. The molecule has 0 spiro atoms. The lowest BCUT2D eigenvalue weighted by molar-refractivity contribution is -0.135. The van der Waals surface area contributed by atoms with Gasteiger partial charge in [-0.1, -0.05) is 36.4 Å². The lowest BCUT2D eigenvalue weighted by Gasteiger charge is -2.35. The molecule has 2 aromatic carbocycles. The minimum atomic E-state index is -0.923. The summed E-state index contributed by atoms with van der Waals surface area (Å²) < 4.78 is 5.38. The van der Waals surface area contributed by atoms with Crippen molar-refractivity contribution >= 4 is 40.4 Å². The van der Waals surface area contributed by atoms with E-state index in [2.05, 4.69) is 5.32 Å². The predicted octanol–water partition coefficient (Wildman–Crippen LogP) is 2.73.